The van der Waals surface area contributed by atoms with Crippen LogP contribution in [0.15, 0.2) is 27.6 Å². The highest BCUT2D eigenvalue weighted by molar-refractivity contribution is 5.97. The van der Waals surface area contributed by atoms with E-state index in [9.17, 15) is 14.0 Å². The van der Waals surface area contributed by atoms with Crippen molar-refractivity contribution in [1.82, 2.24) is 20.4 Å². The molecule has 1 amide bonds. The number of rotatable bonds is 5. The van der Waals surface area contributed by atoms with Gasteiger partial charge < -0.3 is 24.5 Å². The summed E-state index contributed by atoms with van der Waals surface area (Å²) in [6, 6.07) is 2.18. The zero-order valence-corrected chi connectivity index (χ0v) is 16.7. The summed E-state index contributed by atoms with van der Waals surface area (Å²) in [5, 5.41) is 6.56. The molecule has 1 fully saturated rings. The van der Waals surface area contributed by atoms with Gasteiger partial charge in [0, 0.05) is 31.1 Å². The maximum atomic E-state index is 14.7. The number of anilines is 1. The number of nitrogens with zero attached hydrogens (tertiary/aromatic N) is 3. The molecule has 2 aromatic heterocycles. The van der Waals surface area contributed by atoms with Gasteiger partial charge in [-0.25, -0.2) is 4.39 Å². The summed E-state index contributed by atoms with van der Waals surface area (Å²) < 4.78 is 25.1. The molecule has 1 aliphatic heterocycles. The lowest BCUT2D eigenvalue weighted by Crippen LogP contribution is -2.36. The fourth-order valence-electron chi connectivity index (χ4n) is 3.37. The lowest BCUT2D eigenvalue weighted by atomic mass is 10.1. The summed E-state index contributed by atoms with van der Waals surface area (Å²) in [4.78, 5) is 34.5. The molecule has 30 heavy (non-hydrogen) atoms. The molecule has 0 radical (unpaired) electrons. The Bertz CT molecular complexity index is 1140. The monoisotopic (exact) mass is 415 g/mol. The summed E-state index contributed by atoms with van der Waals surface area (Å²) in [5.74, 6) is -0.349. The number of aromatic nitrogens is 3. The van der Waals surface area contributed by atoms with E-state index >= 15 is 0 Å². The molecule has 0 bridgehead atoms. The van der Waals surface area contributed by atoms with Gasteiger partial charge in [0.15, 0.2) is 5.82 Å². The number of fused-ring (bicyclic) bond motifs is 1. The molecule has 2 N–H and O–H groups in total. The number of nitrogens with one attached hydrogen (secondary N) is 2. The van der Waals surface area contributed by atoms with Crippen LogP contribution >= 0.6 is 0 Å². The van der Waals surface area contributed by atoms with Crippen molar-refractivity contribution in [2.75, 3.05) is 31.2 Å². The number of ether oxygens (including phenoxy) is 1. The highest BCUT2D eigenvalue weighted by atomic mass is 19.1. The Balaban J connectivity index is 1.61. The molecule has 3 heterocycles. The number of hydrogen-bond acceptors (Lipinski definition) is 7. The predicted octanol–water partition coefficient (Wildman–Crippen LogP) is 1.94. The van der Waals surface area contributed by atoms with Crippen molar-refractivity contribution in [3.63, 3.8) is 0 Å². The van der Waals surface area contributed by atoms with Gasteiger partial charge in [0.25, 0.3) is 5.91 Å². The molecule has 1 aliphatic rings. The molecule has 158 valence electrons. The fourth-order valence-corrected chi connectivity index (χ4v) is 3.37. The Labute approximate surface area is 171 Å². The Kier molecular flexibility index (Phi) is 5.49. The lowest BCUT2D eigenvalue weighted by Gasteiger charge is -2.29. The van der Waals surface area contributed by atoms with Crippen LogP contribution in [0.3, 0.4) is 0 Å². The van der Waals surface area contributed by atoms with Gasteiger partial charge in [0.05, 0.1) is 24.4 Å². The SMILES string of the molecule is CCc1noc(C(C)NC(=O)c2c[nH]c3cc(N4CCOCC4)c(F)cc3c2=O)n1. The number of morpholine rings is 1. The number of aryl methyl sites for hydroxylation is 1. The van der Waals surface area contributed by atoms with Crippen LogP contribution in [-0.4, -0.2) is 47.3 Å². The number of carbonyl (C=O) groups is 1. The van der Waals surface area contributed by atoms with E-state index in [1.165, 1.54) is 12.3 Å². The van der Waals surface area contributed by atoms with Crippen molar-refractivity contribution < 1.29 is 18.4 Å². The van der Waals surface area contributed by atoms with Crippen molar-refractivity contribution >= 4 is 22.5 Å². The first-order valence-electron chi connectivity index (χ1n) is 9.79. The minimum atomic E-state index is -0.612. The molecule has 1 unspecified atom stereocenters. The van der Waals surface area contributed by atoms with E-state index in [1.54, 1.807) is 13.0 Å². The van der Waals surface area contributed by atoms with Crippen LogP contribution in [0, 0.1) is 5.82 Å². The highest BCUT2D eigenvalue weighted by Gasteiger charge is 2.21. The Morgan fingerprint density at radius 1 is 1.37 bits per heavy atom. The number of aromatic amines is 1. The van der Waals surface area contributed by atoms with Crippen molar-refractivity contribution in [1.29, 1.82) is 0 Å². The van der Waals surface area contributed by atoms with E-state index in [1.807, 2.05) is 11.8 Å². The largest absolute Gasteiger partial charge is 0.378 e. The zero-order valence-electron chi connectivity index (χ0n) is 16.7. The second-order valence-corrected chi connectivity index (χ2v) is 7.08. The number of hydrogen-bond donors (Lipinski definition) is 2. The van der Waals surface area contributed by atoms with Gasteiger partial charge >= 0.3 is 0 Å². The van der Waals surface area contributed by atoms with Gasteiger partial charge in [-0.3, -0.25) is 9.59 Å². The number of H-pyrrole nitrogens is 1. The van der Waals surface area contributed by atoms with Crippen LogP contribution in [-0.2, 0) is 11.2 Å². The first-order valence-corrected chi connectivity index (χ1v) is 9.79. The van der Waals surface area contributed by atoms with Gasteiger partial charge in [-0.05, 0) is 19.1 Å². The second kappa shape index (κ2) is 8.23. The van der Waals surface area contributed by atoms with E-state index in [0.717, 1.165) is 0 Å². The molecule has 10 heteroatoms. The van der Waals surface area contributed by atoms with Crippen LogP contribution in [0.1, 0.15) is 42.0 Å². The standard InChI is InChI=1S/C20H22FN5O4/c1-3-17-24-20(30-25-17)11(2)23-19(28)13-10-22-15-9-16(26-4-6-29-7-5-26)14(21)8-12(15)18(13)27/h8-11H,3-7H2,1-2H3,(H,22,27)(H,23,28). The molecule has 9 nitrogen and oxygen atoms in total. The van der Waals surface area contributed by atoms with Crippen LogP contribution in [0.25, 0.3) is 10.9 Å². The Hall–Kier alpha value is -3.27. The molecular weight excluding hydrogens is 393 g/mol. The van der Waals surface area contributed by atoms with Gasteiger partial charge in [0.2, 0.25) is 11.3 Å². The van der Waals surface area contributed by atoms with E-state index < -0.39 is 23.2 Å². The van der Waals surface area contributed by atoms with Crippen molar-refractivity contribution in [3.05, 3.63) is 51.6 Å². The summed E-state index contributed by atoms with van der Waals surface area (Å²) in [6.07, 6.45) is 1.94. The normalized spacial score (nSPS) is 15.4. The number of benzene rings is 1. The number of carbonyl (C=O) groups excluding carboxylic acids is 1. The quantitative estimate of drug-likeness (QED) is 0.655. The molecule has 1 aromatic carbocycles. The summed E-state index contributed by atoms with van der Waals surface area (Å²) >= 11 is 0. The molecule has 3 aromatic rings. The first-order chi connectivity index (χ1) is 14.5. The second-order valence-electron chi connectivity index (χ2n) is 7.08. The van der Waals surface area contributed by atoms with E-state index in [-0.39, 0.29) is 16.8 Å². The molecule has 1 saturated heterocycles. The summed E-state index contributed by atoms with van der Waals surface area (Å²) in [7, 11) is 0. The smallest absolute Gasteiger partial charge is 0.257 e. The maximum Gasteiger partial charge on any atom is 0.257 e. The van der Waals surface area contributed by atoms with E-state index in [0.29, 0.717) is 49.8 Å². The molecular formula is C20H22FN5O4. The van der Waals surface area contributed by atoms with E-state index in [4.69, 9.17) is 9.26 Å². The van der Waals surface area contributed by atoms with Crippen molar-refractivity contribution in [3.8, 4) is 0 Å². The van der Waals surface area contributed by atoms with Crippen LogP contribution < -0.4 is 15.6 Å². The van der Waals surface area contributed by atoms with E-state index in [2.05, 4.69) is 20.4 Å². The Morgan fingerprint density at radius 3 is 2.83 bits per heavy atom. The molecule has 1 atom stereocenters. The fraction of sp³-hybridized carbons (Fsp3) is 0.400. The third-order valence-corrected chi connectivity index (χ3v) is 5.06. The maximum absolute atomic E-state index is 14.7. The average Bonchev–Trinajstić information content (AvgIpc) is 3.24. The molecule has 0 saturated carbocycles. The summed E-state index contributed by atoms with van der Waals surface area (Å²) in [6.45, 7) is 5.74. The lowest BCUT2D eigenvalue weighted by molar-refractivity contribution is 0.0931. The minimum absolute atomic E-state index is 0.107. The number of halogens is 1. The molecule has 0 spiro atoms. The number of pyridine rings is 1. The number of amides is 1. The topological polar surface area (TPSA) is 113 Å². The zero-order chi connectivity index (χ0) is 21.3. The van der Waals surface area contributed by atoms with Gasteiger partial charge in [0.1, 0.15) is 17.4 Å². The van der Waals surface area contributed by atoms with Crippen LogP contribution in [0.2, 0.25) is 0 Å². The summed E-state index contributed by atoms with van der Waals surface area (Å²) in [5.41, 5.74) is 0.177. The van der Waals surface area contributed by atoms with Gasteiger partial charge in [-0.2, -0.15) is 4.98 Å². The molecule has 0 aliphatic carbocycles. The minimum Gasteiger partial charge on any atom is -0.378 e. The van der Waals surface area contributed by atoms with Crippen molar-refractivity contribution in [2.45, 2.75) is 26.3 Å². The highest BCUT2D eigenvalue weighted by Crippen LogP contribution is 2.24. The van der Waals surface area contributed by atoms with Gasteiger partial charge in [-0.1, -0.05) is 12.1 Å². The Morgan fingerprint density at radius 2 is 2.13 bits per heavy atom. The van der Waals surface area contributed by atoms with Crippen LogP contribution in [0.4, 0.5) is 10.1 Å². The predicted molar refractivity (Wildman–Crippen MR) is 107 cm³/mol. The average molecular weight is 415 g/mol. The van der Waals surface area contributed by atoms with Gasteiger partial charge in [-0.15, -0.1) is 0 Å². The first kappa shape index (κ1) is 20.0. The van der Waals surface area contributed by atoms with Crippen molar-refractivity contribution in [2.24, 2.45) is 0 Å². The van der Waals surface area contributed by atoms with Crippen LogP contribution in [0.5, 0.6) is 0 Å². The molecule has 4 rings (SSSR count). The third-order valence-electron chi connectivity index (χ3n) is 5.06. The third kappa shape index (κ3) is 3.78.